The van der Waals surface area contributed by atoms with E-state index in [1.807, 2.05) is 37.5 Å². The minimum atomic E-state index is -0.667. The molecule has 8 nitrogen and oxygen atoms in total. The number of urea groups is 1. The summed E-state index contributed by atoms with van der Waals surface area (Å²) >= 11 is 0. The standard InChI is InChI=1S/C18H23N6O2/c1-6-8-10-23-16(25)14-15(21(5)18(23)26)19-17(22(14)9-7-2)24-13(4)11-12(3)20-24/h6-8,11,14H,2,9-10H2,1,3-5H3/q+1/b8-6+. The van der Waals surface area contributed by atoms with Gasteiger partial charge < -0.3 is 0 Å². The Balaban J connectivity index is 2.12. The summed E-state index contributed by atoms with van der Waals surface area (Å²) in [4.78, 5) is 33.0. The molecule has 8 heteroatoms. The summed E-state index contributed by atoms with van der Waals surface area (Å²) in [7, 11) is 1.64. The number of hydrogen-bond acceptors (Lipinski definition) is 4. The summed E-state index contributed by atoms with van der Waals surface area (Å²) < 4.78 is 3.53. The van der Waals surface area contributed by atoms with Gasteiger partial charge in [-0.1, -0.05) is 29.8 Å². The van der Waals surface area contributed by atoms with Gasteiger partial charge in [0, 0.05) is 13.6 Å². The van der Waals surface area contributed by atoms with Crippen LogP contribution in [0.15, 0.2) is 35.9 Å². The van der Waals surface area contributed by atoms with Crippen molar-refractivity contribution in [3.05, 3.63) is 42.3 Å². The van der Waals surface area contributed by atoms with Gasteiger partial charge in [0.25, 0.3) is 5.91 Å². The molecule has 1 unspecified atom stereocenters. The number of aliphatic imine (C=N–C) groups is 1. The summed E-state index contributed by atoms with van der Waals surface area (Å²) in [5, 5.41) is 4.48. The predicted molar refractivity (Wildman–Crippen MR) is 98.3 cm³/mol. The number of amides is 3. The fourth-order valence-electron chi connectivity index (χ4n) is 3.21. The van der Waals surface area contributed by atoms with Gasteiger partial charge in [-0.25, -0.2) is 9.37 Å². The highest BCUT2D eigenvalue weighted by molar-refractivity contribution is 6.23. The van der Waals surface area contributed by atoms with E-state index >= 15 is 0 Å². The highest BCUT2D eigenvalue weighted by Crippen LogP contribution is 2.21. The Kier molecular flexibility index (Phi) is 4.58. The van der Waals surface area contributed by atoms with E-state index in [-0.39, 0.29) is 18.5 Å². The molecule has 0 aliphatic carbocycles. The summed E-state index contributed by atoms with van der Waals surface area (Å²) in [6, 6.07) is 0.896. The van der Waals surface area contributed by atoms with E-state index < -0.39 is 6.04 Å². The molecule has 0 N–H and O–H groups in total. The van der Waals surface area contributed by atoms with Crippen molar-refractivity contribution in [1.29, 1.82) is 0 Å². The number of amidine groups is 1. The normalized spacial score (nSPS) is 20.3. The molecule has 2 aliphatic rings. The molecule has 3 amide bonds. The first kappa shape index (κ1) is 17.8. The molecule has 1 aromatic rings. The minimum absolute atomic E-state index is 0.236. The Morgan fingerprint density at radius 1 is 1.35 bits per heavy atom. The SMILES string of the molecule is C=CC[N+]1=C(n2nc(C)cc2C)N=C2C1C(=O)N(C/C=C/C)C(=O)N2C. The molecule has 0 saturated carbocycles. The van der Waals surface area contributed by atoms with E-state index in [1.165, 1.54) is 9.80 Å². The van der Waals surface area contributed by atoms with E-state index in [4.69, 9.17) is 0 Å². The number of rotatable bonds is 4. The highest BCUT2D eigenvalue weighted by Gasteiger charge is 2.52. The van der Waals surface area contributed by atoms with E-state index in [0.29, 0.717) is 18.3 Å². The minimum Gasteiger partial charge on any atom is -0.270 e. The molecular weight excluding hydrogens is 332 g/mol. The molecule has 26 heavy (non-hydrogen) atoms. The summed E-state index contributed by atoms with van der Waals surface area (Å²) in [6.45, 7) is 10.1. The largest absolute Gasteiger partial charge is 0.421 e. The van der Waals surface area contributed by atoms with Gasteiger partial charge in [0.2, 0.25) is 11.9 Å². The second-order valence-corrected chi connectivity index (χ2v) is 6.31. The predicted octanol–water partition coefficient (Wildman–Crippen LogP) is 1.15. The molecule has 0 spiro atoms. The van der Waals surface area contributed by atoms with Gasteiger partial charge in [-0.05, 0) is 26.8 Å². The van der Waals surface area contributed by atoms with Crippen LogP contribution in [0.5, 0.6) is 0 Å². The second-order valence-electron chi connectivity index (χ2n) is 6.31. The number of fused-ring (bicyclic) bond motifs is 1. The third-order valence-corrected chi connectivity index (χ3v) is 4.44. The maximum atomic E-state index is 13.1. The van der Waals surface area contributed by atoms with Crippen LogP contribution in [0, 0.1) is 13.8 Å². The maximum Gasteiger partial charge on any atom is 0.421 e. The van der Waals surface area contributed by atoms with Gasteiger partial charge in [-0.2, -0.15) is 0 Å². The van der Waals surface area contributed by atoms with Gasteiger partial charge >= 0.3 is 12.0 Å². The fourth-order valence-corrected chi connectivity index (χ4v) is 3.21. The molecule has 0 bridgehead atoms. The monoisotopic (exact) mass is 355 g/mol. The van der Waals surface area contributed by atoms with Crippen molar-refractivity contribution in [2.45, 2.75) is 26.8 Å². The van der Waals surface area contributed by atoms with E-state index in [9.17, 15) is 9.59 Å². The lowest BCUT2D eigenvalue weighted by Gasteiger charge is -2.33. The Labute approximate surface area is 152 Å². The van der Waals surface area contributed by atoms with Crippen molar-refractivity contribution >= 4 is 23.7 Å². The molecule has 1 aromatic heterocycles. The van der Waals surface area contributed by atoms with Gasteiger partial charge in [0.05, 0.1) is 12.2 Å². The zero-order valence-corrected chi connectivity index (χ0v) is 15.5. The lowest BCUT2D eigenvalue weighted by Crippen LogP contribution is -2.62. The second kappa shape index (κ2) is 6.70. The summed E-state index contributed by atoms with van der Waals surface area (Å²) in [5.74, 6) is 0.654. The third-order valence-electron chi connectivity index (χ3n) is 4.44. The van der Waals surface area contributed by atoms with Crippen LogP contribution in [0.25, 0.3) is 0 Å². The van der Waals surface area contributed by atoms with Crippen LogP contribution in [0.2, 0.25) is 0 Å². The van der Waals surface area contributed by atoms with Gasteiger partial charge in [-0.15, -0.1) is 9.78 Å². The molecule has 0 radical (unpaired) electrons. The Bertz CT molecular complexity index is 876. The van der Waals surface area contributed by atoms with Crippen LogP contribution in [0.3, 0.4) is 0 Å². The zero-order chi connectivity index (χ0) is 19.0. The number of hydrogen-bond donors (Lipinski definition) is 0. The molecular formula is C18H23N6O2+. The Morgan fingerprint density at radius 3 is 2.65 bits per heavy atom. The van der Waals surface area contributed by atoms with Crippen molar-refractivity contribution in [2.75, 3.05) is 20.1 Å². The molecule has 1 saturated heterocycles. The first-order valence-corrected chi connectivity index (χ1v) is 8.47. The number of aromatic nitrogens is 2. The van der Waals surface area contributed by atoms with Crippen molar-refractivity contribution in [3.8, 4) is 0 Å². The average Bonchev–Trinajstić information content (AvgIpc) is 3.13. The van der Waals surface area contributed by atoms with Crippen molar-refractivity contribution in [2.24, 2.45) is 4.99 Å². The summed E-state index contributed by atoms with van der Waals surface area (Å²) in [6.07, 6.45) is 5.31. The Morgan fingerprint density at radius 2 is 2.08 bits per heavy atom. The summed E-state index contributed by atoms with van der Waals surface area (Å²) in [5.41, 5.74) is 1.76. The third kappa shape index (κ3) is 2.67. The number of likely N-dealkylation sites (N-methyl/N-ethyl adjacent to an activating group) is 1. The average molecular weight is 355 g/mol. The Hall–Kier alpha value is -3.03. The molecule has 3 rings (SSSR count). The van der Waals surface area contributed by atoms with Crippen LogP contribution < -0.4 is 0 Å². The number of imide groups is 1. The molecule has 1 fully saturated rings. The fraction of sp³-hybridized carbons (Fsp3) is 0.389. The molecule has 1 atom stereocenters. The van der Waals surface area contributed by atoms with Gasteiger partial charge in [0.1, 0.15) is 5.69 Å². The van der Waals surface area contributed by atoms with Crippen molar-refractivity contribution < 1.29 is 14.2 Å². The van der Waals surface area contributed by atoms with E-state index in [2.05, 4.69) is 16.7 Å². The zero-order valence-electron chi connectivity index (χ0n) is 15.5. The number of aryl methyl sites for hydroxylation is 2. The van der Waals surface area contributed by atoms with Crippen LogP contribution in [0.4, 0.5) is 4.79 Å². The van der Waals surface area contributed by atoms with Crippen LogP contribution >= 0.6 is 0 Å². The van der Waals surface area contributed by atoms with Crippen LogP contribution in [-0.4, -0.2) is 74.1 Å². The van der Waals surface area contributed by atoms with Crippen molar-refractivity contribution in [3.63, 3.8) is 0 Å². The van der Waals surface area contributed by atoms with Gasteiger partial charge in [-0.3, -0.25) is 14.6 Å². The number of carbonyl (C=O) groups is 2. The number of carbonyl (C=O) groups excluding carboxylic acids is 2. The van der Waals surface area contributed by atoms with Crippen molar-refractivity contribution in [1.82, 2.24) is 19.6 Å². The number of nitrogens with zero attached hydrogens (tertiary/aromatic N) is 6. The van der Waals surface area contributed by atoms with Gasteiger partial charge in [0.15, 0.2) is 0 Å². The maximum absolute atomic E-state index is 13.1. The van der Waals surface area contributed by atoms with E-state index in [0.717, 1.165) is 11.4 Å². The lowest BCUT2D eigenvalue weighted by molar-refractivity contribution is -0.527. The number of allylic oxidation sites excluding steroid dienone is 1. The molecule has 136 valence electrons. The smallest absolute Gasteiger partial charge is 0.270 e. The molecule has 2 aliphatic heterocycles. The van der Waals surface area contributed by atoms with Crippen LogP contribution in [-0.2, 0) is 4.79 Å². The lowest BCUT2D eigenvalue weighted by atomic mass is 10.1. The van der Waals surface area contributed by atoms with E-state index in [1.54, 1.807) is 23.9 Å². The first-order chi connectivity index (χ1) is 12.4. The molecule has 3 heterocycles. The highest BCUT2D eigenvalue weighted by atomic mass is 16.2. The first-order valence-electron chi connectivity index (χ1n) is 8.47. The quantitative estimate of drug-likeness (QED) is 0.601. The van der Waals surface area contributed by atoms with Crippen LogP contribution in [0.1, 0.15) is 18.3 Å². The topological polar surface area (TPSA) is 73.8 Å². The molecule has 0 aromatic carbocycles.